The van der Waals surface area contributed by atoms with Crippen molar-refractivity contribution in [3.63, 3.8) is 0 Å². The van der Waals surface area contributed by atoms with Crippen LogP contribution in [0.4, 0.5) is 24.5 Å². The van der Waals surface area contributed by atoms with Gasteiger partial charge in [-0.2, -0.15) is 17.5 Å². The van der Waals surface area contributed by atoms with Crippen molar-refractivity contribution in [3.05, 3.63) is 48.0 Å². The monoisotopic (exact) mass is 475 g/mol. The second-order valence-corrected chi connectivity index (χ2v) is 10.1. The molecule has 170 valence electrons. The van der Waals surface area contributed by atoms with Crippen molar-refractivity contribution in [1.82, 2.24) is 4.31 Å². The van der Waals surface area contributed by atoms with Gasteiger partial charge in [0, 0.05) is 41.9 Å². The van der Waals surface area contributed by atoms with E-state index in [2.05, 4.69) is 12.6 Å². The molecule has 6 nitrogen and oxygen atoms in total. The van der Waals surface area contributed by atoms with Gasteiger partial charge in [0.1, 0.15) is 0 Å². The molecule has 0 radical (unpaired) electrons. The lowest BCUT2D eigenvalue weighted by atomic mass is 9.95. The van der Waals surface area contributed by atoms with Gasteiger partial charge in [-0.3, -0.25) is 0 Å². The van der Waals surface area contributed by atoms with E-state index in [1.165, 1.54) is 40.7 Å². The van der Waals surface area contributed by atoms with Crippen LogP contribution in [0.3, 0.4) is 0 Å². The summed E-state index contributed by atoms with van der Waals surface area (Å²) < 4.78 is 66.6. The van der Waals surface area contributed by atoms with Crippen LogP contribution < -0.4 is 10.6 Å². The van der Waals surface area contributed by atoms with Gasteiger partial charge in [0.2, 0.25) is 10.0 Å². The molecular formula is C20H24F3N3O3S2. The van der Waals surface area contributed by atoms with Crippen LogP contribution >= 0.6 is 12.6 Å². The molecule has 11 heteroatoms. The fraction of sp³-hybridized carbons (Fsp3) is 0.400. The first kappa shape index (κ1) is 23.7. The predicted octanol–water partition coefficient (Wildman–Crippen LogP) is 3.23. The number of hydrogen-bond donors (Lipinski definition) is 3. The van der Waals surface area contributed by atoms with Crippen LogP contribution in [0.5, 0.6) is 0 Å². The van der Waals surface area contributed by atoms with Gasteiger partial charge in [-0.05, 0) is 49.7 Å². The lowest BCUT2D eigenvalue weighted by Crippen LogP contribution is -2.53. The van der Waals surface area contributed by atoms with Crippen LogP contribution in [0.25, 0.3) is 0 Å². The van der Waals surface area contributed by atoms with Gasteiger partial charge in [0.15, 0.2) is 5.60 Å². The number of benzene rings is 2. The lowest BCUT2D eigenvalue weighted by Gasteiger charge is -2.41. The molecule has 0 bridgehead atoms. The number of anilines is 2. The van der Waals surface area contributed by atoms with Gasteiger partial charge in [-0.25, -0.2) is 8.42 Å². The van der Waals surface area contributed by atoms with Gasteiger partial charge in [0.05, 0.1) is 4.90 Å². The number of alkyl halides is 3. The molecule has 1 heterocycles. The molecule has 1 saturated heterocycles. The van der Waals surface area contributed by atoms with Crippen molar-refractivity contribution in [3.8, 4) is 0 Å². The number of thiol groups is 1. The molecule has 2 atom stereocenters. The zero-order chi connectivity index (χ0) is 23.2. The molecule has 0 amide bonds. The number of sulfonamides is 1. The van der Waals surface area contributed by atoms with Gasteiger partial charge in [0.25, 0.3) is 0 Å². The highest BCUT2D eigenvalue weighted by molar-refractivity contribution is 7.90. The van der Waals surface area contributed by atoms with Gasteiger partial charge >= 0.3 is 6.18 Å². The number of aliphatic hydroxyl groups is 1. The standard InChI is InChI=1S/C20H24F3N3O3S2/c1-13-12-25(31(28,29)18-11-15(24)5-8-17(18)30)9-10-26(13)16-6-3-14(4-7-16)19(2,27)20(21,22)23/h3-8,11,13,27,30H,9-10,12,24H2,1-2H3/t13-,19+/m0/s1. The molecular weight excluding hydrogens is 451 g/mol. The molecule has 1 aliphatic heterocycles. The fourth-order valence-corrected chi connectivity index (χ4v) is 5.66. The Hall–Kier alpha value is -1.95. The Morgan fingerprint density at radius 3 is 2.29 bits per heavy atom. The van der Waals surface area contributed by atoms with Crippen LogP contribution in [-0.4, -0.2) is 49.7 Å². The van der Waals surface area contributed by atoms with Crippen molar-refractivity contribution >= 4 is 34.0 Å². The summed E-state index contributed by atoms with van der Waals surface area (Å²) in [4.78, 5) is 2.26. The number of nitrogens with zero attached hydrogens (tertiary/aromatic N) is 2. The highest BCUT2D eigenvalue weighted by atomic mass is 32.2. The number of hydrogen-bond acceptors (Lipinski definition) is 6. The van der Waals surface area contributed by atoms with Gasteiger partial charge < -0.3 is 15.7 Å². The third-order valence-corrected chi connectivity index (χ3v) is 7.95. The van der Waals surface area contributed by atoms with Gasteiger partial charge in [-0.15, -0.1) is 12.6 Å². The summed E-state index contributed by atoms with van der Waals surface area (Å²) in [7, 11) is -3.80. The zero-order valence-electron chi connectivity index (χ0n) is 17.0. The molecule has 31 heavy (non-hydrogen) atoms. The maximum absolute atomic E-state index is 13.1. The minimum Gasteiger partial charge on any atom is -0.399 e. The van der Waals surface area contributed by atoms with E-state index in [0.717, 1.165) is 0 Å². The van der Waals surface area contributed by atoms with E-state index < -0.39 is 21.8 Å². The highest BCUT2D eigenvalue weighted by Gasteiger charge is 2.51. The Kier molecular flexibility index (Phi) is 6.27. The Balaban J connectivity index is 1.78. The molecule has 0 aliphatic carbocycles. The number of rotatable bonds is 4. The quantitative estimate of drug-likeness (QED) is 0.467. The Bertz CT molecular complexity index is 1060. The summed E-state index contributed by atoms with van der Waals surface area (Å²) in [6.45, 7) is 3.27. The average Bonchev–Trinajstić information content (AvgIpc) is 2.69. The molecule has 0 saturated carbocycles. The van der Waals surface area contributed by atoms with E-state index in [4.69, 9.17) is 5.73 Å². The maximum Gasteiger partial charge on any atom is 0.421 e. The van der Waals surface area contributed by atoms with E-state index in [0.29, 0.717) is 29.7 Å². The zero-order valence-corrected chi connectivity index (χ0v) is 18.7. The van der Waals surface area contributed by atoms with E-state index in [9.17, 15) is 26.7 Å². The van der Waals surface area contributed by atoms with Crippen molar-refractivity contribution in [2.45, 2.75) is 41.5 Å². The Morgan fingerprint density at radius 2 is 1.74 bits per heavy atom. The van der Waals surface area contributed by atoms with E-state index in [1.54, 1.807) is 6.07 Å². The number of piperazine rings is 1. The third kappa shape index (κ3) is 4.50. The summed E-state index contributed by atoms with van der Waals surface area (Å²) in [6.07, 6.45) is -4.80. The summed E-state index contributed by atoms with van der Waals surface area (Å²) in [6, 6.07) is 9.71. The topological polar surface area (TPSA) is 86.9 Å². The molecule has 0 aromatic heterocycles. The average molecular weight is 476 g/mol. The smallest absolute Gasteiger partial charge is 0.399 e. The summed E-state index contributed by atoms with van der Waals surface area (Å²) in [5, 5.41) is 9.82. The molecule has 3 N–H and O–H groups in total. The van der Waals surface area contributed by atoms with Gasteiger partial charge in [-0.1, -0.05) is 12.1 Å². The first-order valence-corrected chi connectivity index (χ1v) is 11.4. The highest BCUT2D eigenvalue weighted by Crippen LogP contribution is 2.39. The first-order valence-electron chi connectivity index (χ1n) is 9.50. The molecule has 1 fully saturated rings. The Morgan fingerprint density at radius 1 is 1.13 bits per heavy atom. The Labute approximate surface area is 184 Å². The van der Waals surface area contributed by atoms with Crippen LogP contribution in [0.2, 0.25) is 0 Å². The van der Waals surface area contributed by atoms with Crippen LogP contribution in [-0.2, 0) is 15.6 Å². The van der Waals surface area contributed by atoms with E-state index in [1.807, 2.05) is 11.8 Å². The number of nitrogens with two attached hydrogens (primary N) is 1. The molecule has 1 aliphatic rings. The lowest BCUT2D eigenvalue weighted by molar-refractivity contribution is -0.258. The van der Waals surface area contributed by atoms with E-state index in [-0.39, 0.29) is 29.6 Å². The largest absolute Gasteiger partial charge is 0.421 e. The second-order valence-electron chi connectivity index (χ2n) is 7.75. The second kappa shape index (κ2) is 8.19. The van der Waals surface area contributed by atoms with E-state index >= 15 is 0 Å². The number of nitrogen functional groups attached to an aromatic ring is 1. The van der Waals surface area contributed by atoms with Crippen LogP contribution in [0.15, 0.2) is 52.3 Å². The normalized spacial score (nSPS) is 20.5. The van der Waals surface area contributed by atoms with Crippen LogP contribution in [0.1, 0.15) is 19.4 Å². The molecule has 2 aromatic carbocycles. The SMILES string of the molecule is C[C@H]1CN(S(=O)(=O)c2cc(N)ccc2S)CCN1c1ccc([C@@](C)(O)C(F)(F)F)cc1. The van der Waals surface area contributed by atoms with Crippen molar-refractivity contribution < 1.29 is 26.7 Å². The van der Waals surface area contributed by atoms with Crippen molar-refractivity contribution in [2.24, 2.45) is 0 Å². The van der Waals surface area contributed by atoms with Crippen molar-refractivity contribution in [1.29, 1.82) is 0 Å². The first-order chi connectivity index (χ1) is 14.2. The minimum absolute atomic E-state index is 0.0372. The summed E-state index contributed by atoms with van der Waals surface area (Å²) in [5.74, 6) is 0. The molecule has 3 rings (SSSR count). The summed E-state index contributed by atoms with van der Waals surface area (Å²) in [5.41, 5.74) is 3.48. The fourth-order valence-electron chi connectivity index (χ4n) is 3.54. The minimum atomic E-state index is -4.80. The van der Waals surface area contributed by atoms with Crippen LogP contribution in [0, 0.1) is 0 Å². The predicted molar refractivity (Wildman–Crippen MR) is 116 cm³/mol. The maximum atomic E-state index is 13.1. The summed E-state index contributed by atoms with van der Waals surface area (Å²) >= 11 is 4.24. The number of halogens is 3. The van der Waals surface area contributed by atoms with Crippen molar-refractivity contribution in [2.75, 3.05) is 30.3 Å². The molecule has 0 spiro atoms. The molecule has 2 aromatic rings. The molecule has 0 unspecified atom stereocenters. The third-order valence-electron chi connectivity index (χ3n) is 5.50.